The Morgan fingerprint density at radius 2 is 1.15 bits per heavy atom. The van der Waals surface area contributed by atoms with Gasteiger partial charge in [0, 0.05) is 10.8 Å². The van der Waals surface area contributed by atoms with E-state index in [1.807, 2.05) is 24.3 Å². The Bertz CT molecular complexity index is 771. The molecule has 2 aromatic carbocycles. The molecular weight excluding hydrogens is 324 g/mol. The molecule has 4 heteroatoms. The van der Waals surface area contributed by atoms with Gasteiger partial charge in [-0.25, -0.2) is 0 Å². The molecule has 4 nitrogen and oxygen atoms in total. The predicted molar refractivity (Wildman–Crippen MR) is 103 cm³/mol. The highest BCUT2D eigenvalue weighted by molar-refractivity contribution is 5.98. The molecule has 0 unspecified atom stereocenters. The Balaban J connectivity index is 2.55. The van der Waals surface area contributed by atoms with E-state index in [0.29, 0.717) is 36.5 Å². The van der Waals surface area contributed by atoms with E-state index in [9.17, 15) is 10.5 Å². The molecule has 0 atom stereocenters. The summed E-state index contributed by atoms with van der Waals surface area (Å²) in [6.07, 6.45) is 1.77. The molecule has 0 aliphatic carbocycles. The topological polar surface area (TPSA) is 66.0 Å². The summed E-state index contributed by atoms with van der Waals surface area (Å²) in [4.78, 5) is 0. The van der Waals surface area contributed by atoms with Crippen molar-refractivity contribution in [1.29, 1.82) is 10.5 Å². The number of ether oxygens (including phenoxy) is 2. The van der Waals surface area contributed by atoms with E-state index >= 15 is 0 Å². The molecule has 0 bridgehead atoms. The minimum Gasteiger partial charge on any atom is -0.491 e. The standard InChI is InChI=1S/C22H26N2O2/c1-15(2)9-11-25-21-17-7-5-6-8-18(17)22(26-12-10-16(3)4)20(14-24)19(21)13-23/h5-8,15-16H,9-12H2,1-4H3. The van der Waals surface area contributed by atoms with Gasteiger partial charge in [-0.2, -0.15) is 10.5 Å². The van der Waals surface area contributed by atoms with E-state index in [2.05, 4.69) is 39.8 Å². The number of benzene rings is 2. The van der Waals surface area contributed by atoms with Crippen molar-refractivity contribution in [3.63, 3.8) is 0 Å². The van der Waals surface area contributed by atoms with Crippen molar-refractivity contribution < 1.29 is 9.47 Å². The van der Waals surface area contributed by atoms with Crippen molar-refractivity contribution in [2.24, 2.45) is 11.8 Å². The third kappa shape index (κ3) is 4.46. The first-order chi connectivity index (χ1) is 12.5. The molecule has 0 spiro atoms. The molecule has 0 amide bonds. The molecular formula is C22H26N2O2. The van der Waals surface area contributed by atoms with Gasteiger partial charge in [0.25, 0.3) is 0 Å². The minimum atomic E-state index is 0.259. The van der Waals surface area contributed by atoms with Crippen molar-refractivity contribution in [3.8, 4) is 23.6 Å². The zero-order chi connectivity index (χ0) is 19.1. The van der Waals surface area contributed by atoms with Crippen LogP contribution in [0.3, 0.4) is 0 Å². The van der Waals surface area contributed by atoms with E-state index in [1.54, 1.807) is 0 Å². The molecule has 2 aromatic rings. The number of hydrogen-bond acceptors (Lipinski definition) is 4. The number of rotatable bonds is 8. The lowest BCUT2D eigenvalue weighted by molar-refractivity contribution is 0.285. The highest BCUT2D eigenvalue weighted by atomic mass is 16.5. The molecule has 0 aliphatic rings. The third-order valence-electron chi connectivity index (χ3n) is 4.23. The molecule has 2 rings (SSSR count). The van der Waals surface area contributed by atoms with Gasteiger partial charge in [-0.15, -0.1) is 0 Å². The quantitative estimate of drug-likeness (QED) is 0.636. The summed E-state index contributed by atoms with van der Waals surface area (Å²) in [6.45, 7) is 9.51. The Morgan fingerprint density at radius 3 is 1.46 bits per heavy atom. The number of fused-ring (bicyclic) bond motifs is 1. The highest BCUT2D eigenvalue weighted by Gasteiger charge is 2.22. The van der Waals surface area contributed by atoms with Crippen molar-refractivity contribution in [2.45, 2.75) is 40.5 Å². The van der Waals surface area contributed by atoms with E-state index in [0.717, 1.165) is 23.6 Å². The van der Waals surface area contributed by atoms with Gasteiger partial charge in [-0.05, 0) is 24.7 Å². The summed E-state index contributed by atoms with van der Waals surface area (Å²) in [5.74, 6) is 1.97. The monoisotopic (exact) mass is 350 g/mol. The Labute approximate surface area is 156 Å². The Morgan fingerprint density at radius 1 is 0.769 bits per heavy atom. The van der Waals surface area contributed by atoms with Crippen LogP contribution >= 0.6 is 0 Å². The molecule has 0 saturated heterocycles. The highest BCUT2D eigenvalue weighted by Crippen LogP contribution is 2.40. The second-order valence-electron chi connectivity index (χ2n) is 7.24. The van der Waals surface area contributed by atoms with Gasteiger partial charge in [0.2, 0.25) is 0 Å². The van der Waals surface area contributed by atoms with Gasteiger partial charge in [0.15, 0.2) is 0 Å². The van der Waals surface area contributed by atoms with Gasteiger partial charge in [0.05, 0.1) is 13.2 Å². The Hall–Kier alpha value is -2.72. The number of nitriles is 2. The van der Waals surface area contributed by atoms with Crippen LogP contribution in [-0.4, -0.2) is 13.2 Å². The maximum Gasteiger partial charge on any atom is 0.146 e. The summed E-state index contributed by atoms with van der Waals surface area (Å²) in [7, 11) is 0. The van der Waals surface area contributed by atoms with Crippen LogP contribution in [0.15, 0.2) is 24.3 Å². The van der Waals surface area contributed by atoms with Gasteiger partial charge >= 0.3 is 0 Å². The lowest BCUT2D eigenvalue weighted by atomic mass is 9.98. The summed E-state index contributed by atoms with van der Waals surface area (Å²) in [5.41, 5.74) is 0.518. The molecule has 0 radical (unpaired) electrons. The van der Waals surface area contributed by atoms with Crippen LogP contribution in [0.25, 0.3) is 10.8 Å². The lowest BCUT2D eigenvalue weighted by Crippen LogP contribution is -2.07. The predicted octanol–water partition coefficient (Wildman–Crippen LogP) is 5.43. The van der Waals surface area contributed by atoms with Crippen LogP contribution in [0.1, 0.15) is 51.7 Å². The van der Waals surface area contributed by atoms with Gasteiger partial charge < -0.3 is 9.47 Å². The molecule has 0 N–H and O–H groups in total. The number of hydrogen-bond donors (Lipinski definition) is 0. The van der Waals surface area contributed by atoms with Gasteiger partial charge in [0.1, 0.15) is 34.8 Å². The van der Waals surface area contributed by atoms with Crippen LogP contribution in [0.2, 0.25) is 0 Å². The van der Waals surface area contributed by atoms with Crippen molar-refractivity contribution in [2.75, 3.05) is 13.2 Å². The second kappa shape index (κ2) is 9.11. The van der Waals surface area contributed by atoms with E-state index < -0.39 is 0 Å². The fourth-order valence-corrected chi connectivity index (χ4v) is 2.68. The summed E-state index contributed by atoms with van der Waals surface area (Å²) in [6, 6.07) is 12.0. The Kier molecular flexibility index (Phi) is 6.87. The summed E-state index contributed by atoms with van der Waals surface area (Å²) < 4.78 is 11.9. The maximum absolute atomic E-state index is 9.70. The van der Waals surface area contributed by atoms with Gasteiger partial charge in [-0.3, -0.25) is 0 Å². The number of nitrogens with zero attached hydrogens (tertiary/aromatic N) is 2. The first kappa shape index (κ1) is 19.6. The molecule has 0 aromatic heterocycles. The largest absolute Gasteiger partial charge is 0.491 e. The van der Waals surface area contributed by atoms with Crippen LogP contribution in [0.4, 0.5) is 0 Å². The van der Waals surface area contributed by atoms with E-state index in [4.69, 9.17) is 9.47 Å². The first-order valence-corrected chi connectivity index (χ1v) is 9.14. The second-order valence-corrected chi connectivity index (χ2v) is 7.24. The summed E-state index contributed by atoms with van der Waals surface area (Å²) >= 11 is 0. The molecule has 136 valence electrons. The van der Waals surface area contributed by atoms with Crippen LogP contribution in [0.5, 0.6) is 11.5 Å². The fourth-order valence-electron chi connectivity index (χ4n) is 2.68. The molecule has 26 heavy (non-hydrogen) atoms. The summed E-state index contributed by atoms with van der Waals surface area (Å²) in [5, 5.41) is 21.0. The molecule has 0 heterocycles. The normalized spacial score (nSPS) is 10.8. The first-order valence-electron chi connectivity index (χ1n) is 9.14. The maximum atomic E-state index is 9.70. The van der Waals surface area contributed by atoms with E-state index in [-0.39, 0.29) is 11.1 Å². The van der Waals surface area contributed by atoms with Crippen molar-refractivity contribution in [1.82, 2.24) is 0 Å². The average Bonchev–Trinajstić information content (AvgIpc) is 2.61. The zero-order valence-corrected chi connectivity index (χ0v) is 16.0. The average molecular weight is 350 g/mol. The molecule has 0 fully saturated rings. The van der Waals surface area contributed by atoms with Crippen molar-refractivity contribution >= 4 is 10.8 Å². The SMILES string of the molecule is CC(C)CCOc1c(C#N)c(C#N)c(OCCC(C)C)c2ccccc12. The smallest absolute Gasteiger partial charge is 0.146 e. The van der Waals surface area contributed by atoms with E-state index in [1.165, 1.54) is 0 Å². The lowest BCUT2D eigenvalue weighted by Gasteiger charge is -2.18. The van der Waals surface area contributed by atoms with Crippen LogP contribution in [0, 0.1) is 34.5 Å². The van der Waals surface area contributed by atoms with Crippen LogP contribution in [-0.2, 0) is 0 Å². The molecule has 0 saturated carbocycles. The molecule has 0 aliphatic heterocycles. The fraction of sp³-hybridized carbons (Fsp3) is 0.455. The minimum absolute atomic E-state index is 0.259. The third-order valence-corrected chi connectivity index (χ3v) is 4.23. The van der Waals surface area contributed by atoms with Gasteiger partial charge in [-0.1, -0.05) is 52.0 Å². The van der Waals surface area contributed by atoms with Crippen LogP contribution < -0.4 is 9.47 Å². The zero-order valence-electron chi connectivity index (χ0n) is 16.0. The van der Waals surface area contributed by atoms with Crippen molar-refractivity contribution in [3.05, 3.63) is 35.4 Å².